The summed E-state index contributed by atoms with van der Waals surface area (Å²) in [6.45, 7) is 8.26. The molecule has 19 heavy (non-hydrogen) atoms. The average Bonchev–Trinajstić information content (AvgIpc) is 2.24. The van der Waals surface area contributed by atoms with Gasteiger partial charge in [-0.1, -0.05) is 0 Å². The standard InChI is InChI=1S/C12H24F3N3O/c1-9(2)18(10(3)4)6-5-16-7-11(19)17-8-12(13,14)15/h9-10,16H,5-8H2,1-4H3,(H,17,19). The molecule has 0 saturated carbocycles. The second kappa shape index (κ2) is 8.37. The highest BCUT2D eigenvalue weighted by Gasteiger charge is 2.27. The molecule has 0 bridgehead atoms. The number of nitrogens with one attached hydrogen (secondary N) is 2. The Kier molecular flexibility index (Phi) is 8.01. The van der Waals surface area contributed by atoms with Crippen molar-refractivity contribution in [3.05, 3.63) is 0 Å². The van der Waals surface area contributed by atoms with E-state index in [4.69, 9.17) is 0 Å². The van der Waals surface area contributed by atoms with Crippen LogP contribution in [0.15, 0.2) is 0 Å². The van der Waals surface area contributed by atoms with Gasteiger partial charge in [0.1, 0.15) is 6.54 Å². The maximum atomic E-state index is 11.8. The van der Waals surface area contributed by atoms with Crippen LogP contribution in [0.5, 0.6) is 0 Å². The normalized spacial score (nSPS) is 12.5. The zero-order valence-electron chi connectivity index (χ0n) is 12.0. The molecule has 0 atom stereocenters. The van der Waals surface area contributed by atoms with Crippen molar-refractivity contribution in [3.63, 3.8) is 0 Å². The highest BCUT2D eigenvalue weighted by Crippen LogP contribution is 2.11. The van der Waals surface area contributed by atoms with Crippen LogP contribution < -0.4 is 10.6 Å². The third-order valence-electron chi connectivity index (χ3n) is 2.64. The van der Waals surface area contributed by atoms with Gasteiger partial charge >= 0.3 is 6.18 Å². The first-order chi connectivity index (χ1) is 8.63. The van der Waals surface area contributed by atoms with Crippen LogP contribution in [0.3, 0.4) is 0 Å². The van der Waals surface area contributed by atoms with E-state index in [9.17, 15) is 18.0 Å². The Morgan fingerprint density at radius 3 is 2.11 bits per heavy atom. The third-order valence-corrected chi connectivity index (χ3v) is 2.64. The number of nitrogens with zero attached hydrogens (tertiary/aromatic N) is 1. The van der Waals surface area contributed by atoms with Crippen LogP contribution in [0, 0.1) is 0 Å². The van der Waals surface area contributed by atoms with Crippen molar-refractivity contribution in [3.8, 4) is 0 Å². The van der Waals surface area contributed by atoms with Gasteiger partial charge in [-0.3, -0.25) is 9.69 Å². The Morgan fingerprint density at radius 2 is 1.68 bits per heavy atom. The topological polar surface area (TPSA) is 44.4 Å². The van der Waals surface area contributed by atoms with Gasteiger partial charge in [0.25, 0.3) is 0 Å². The highest BCUT2D eigenvalue weighted by molar-refractivity contribution is 5.77. The van der Waals surface area contributed by atoms with Crippen LogP contribution in [0.4, 0.5) is 13.2 Å². The van der Waals surface area contributed by atoms with E-state index in [1.165, 1.54) is 0 Å². The van der Waals surface area contributed by atoms with Crippen molar-refractivity contribution in [2.24, 2.45) is 0 Å². The summed E-state index contributed by atoms with van der Waals surface area (Å²) in [6.07, 6.45) is -4.36. The van der Waals surface area contributed by atoms with E-state index in [-0.39, 0.29) is 6.54 Å². The Balaban J connectivity index is 3.76. The van der Waals surface area contributed by atoms with Gasteiger partial charge in [0.2, 0.25) is 5.91 Å². The molecule has 0 aliphatic carbocycles. The number of carbonyl (C=O) groups excluding carboxylic acids is 1. The molecule has 0 unspecified atom stereocenters. The molecule has 0 radical (unpaired) electrons. The highest BCUT2D eigenvalue weighted by atomic mass is 19.4. The van der Waals surface area contributed by atoms with Crippen LogP contribution in [-0.4, -0.2) is 55.2 Å². The van der Waals surface area contributed by atoms with Gasteiger partial charge in [0, 0.05) is 25.2 Å². The predicted octanol–water partition coefficient (Wildman–Crippen LogP) is 1.37. The van der Waals surface area contributed by atoms with Crippen molar-refractivity contribution in [1.29, 1.82) is 0 Å². The second-order valence-electron chi connectivity index (χ2n) is 4.99. The molecule has 0 spiro atoms. The van der Waals surface area contributed by atoms with E-state index >= 15 is 0 Å². The molecule has 2 N–H and O–H groups in total. The predicted molar refractivity (Wildman–Crippen MR) is 68.9 cm³/mol. The Labute approximate surface area is 112 Å². The summed E-state index contributed by atoms with van der Waals surface area (Å²) in [7, 11) is 0. The lowest BCUT2D eigenvalue weighted by molar-refractivity contribution is -0.137. The molecular weight excluding hydrogens is 259 g/mol. The molecule has 0 aromatic rings. The molecule has 0 heterocycles. The van der Waals surface area contributed by atoms with Gasteiger partial charge in [-0.25, -0.2) is 0 Å². The summed E-state index contributed by atoms with van der Waals surface area (Å²) in [5.74, 6) is -0.641. The van der Waals surface area contributed by atoms with E-state index in [0.29, 0.717) is 18.6 Å². The summed E-state index contributed by atoms with van der Waals surface area (Å²) < 4.78 is 35.5. The quantitative estimate of drug-likeness (QED) is 0.661. The zero-order valence-corrected chi connectivity index (χ0v) is 12.0. The van der Waals surface area contributed by atoms with Crippen molar-refractivity contribution >= 4 is 5.91 Å². The molecule has 4 nitrogen and oxygen atoms in total. The van der Waals surface area contributed by atoms with Crippen LogP contribution in [0.2, 0.25) is 0 Å². The van der Waals surface area contributed by atoms with Gasteiger partial charge in [0.15, 0.2) is 0 Å². The van der Waals surface area contributed by atoms with Gasteiger partial charge in [-0.15, -0.1) is 0 Å². The van der Waals surface area contributed by atoms with E-state index in [0.717, 1.165) is 6.54 Å². The number of rotatable bonds is 8. The molecule has 0 fully saturated rings. The SMILES string of the molecule is CC(C)N(CCNCC(=O)NCC(F)(F)F)C(C)C. The minimum Gasteiger partial charge on any atom is -0.346 e. The van der Waals surface area contributed by atoms with Crippen molar-refractivity contribution in [2.75, 3.05) is 26.2 Å². The molecule has 1 amide bonds. The lowest BCUT2D eigenvalue weighted by atomic mass is 10.2. The number of carbonyl (C=O) groups is 1. The van der Waals surface area contributed by atoms with Gasteiger partial charge in [-0.05, 0) is 27.7 Å². The van der Waals surface area contributed by atoms with E-state index in [1.807, 2.05) is 5.32 Å². The fraction of sp³-hybridized carbons (Fsp3) is 0.917. The Bertz CT molecular complexity index is 259. The fourth-order valence-electron chi connectivity index (χ4n) is 1.78. The number of alkyl halides is 3. The van der Waals surface area contributed by atoms with Gasteiger partial charge in [-0.2, -0.15) is 13.2 Å². The average molecular weight is 283 g/mol. The lowest BCUT2D eigenvalue weighted by Crippen LogP contribution is -2.44. The summed E-state index contributed by atoms with van der Waals surface area (Å²) in [6, 6.07) is 0.779. The smallest absolute Gasteiger partial charge is 0.346 e. The number of hydrogen-bond donors (Lipinski definition) is 2. The van der Waals surface area contributed by atoms with Crippen LogP contribution in [0.1, 0.15) is 27.7 Å². The minimum absolute atomic E-state index is 0.0971. The lowest BCUT2D eigenvalue weighted by Gasteiger charge is -2.30. The number of hydrogen-bond acceptors (Lipinski definition) is 3. The molecule has 0 saturated heterocycles. The molecule has 0 aromatic carbocycles. The van der Waals surface area contributed by atoms with Crippen LogP contribution in [-0.2, 0) is 4.79 Å². The Morgan fingerprint density at radius 1 is 1.16 bits per heavy atom. The molecule has 0 aliphatic heterocycles. The first kappa shape index (κ1) is 18.2. The maximum absolute atomic E-state index is 11.8. The van der Waals surface area contributed by atoms with Crippen molar-refractivity contribution in [2.45, 2.75) is 46.0 Å². The fourth-order valence-corrected chi connectivity index (χ4v) is 1.78. The summed E-state index contributed by atoms with van der Waals surface area (Å²) in [5, 5.41) is 4.66. The van der Waals surface area contributed by atoms with Crippen LogP contribution >= 0.6 is 0 Å². The van der Waals surface area contributed by atoms with Gasteiger partial charge in [0.05, 0.1) is 6.54 Å². The van der Waals surface area contributed by atoms with Crippen molar-refractivity contribution < 1.29 is 18.0 Å². The van der Waals surface area contributed by atoms with Crippen molar-refractivity contribution in [1.82, 2.24) is 15.5 Å². The van der Waals surface area contributed by atoms with E-state index in [1.54, 1.807) is 0 Å². The first-order valence-electron chi connectivity index (χ1n) is 6.43. The molecule has 7 heteroatoms. The molecule has 114 valence electrons. The maximum Gasteiger partial charge on any atom is 0.405 e. The largest absolute Gasteiger partial charge is 0.405 e. The Hall–Kier alpha value is -0.820. The molecule has 0 aromatic heterocycles. The van der Waals surface area contributed by atoms with E-state index in [2.05, 4.69) is 37.9 Å². The molecular formula is C12H24F3N3O. The molecule has 0 aliphatic rings. The van der Waals surface area contributed by atoms with Crippen LogP contribution in [0.25, 0.3) is 0 Å². The number of amides is 1. The van der Waals surface area contributed by atoms with E-state index < -0.39 is 18.6 Å². The summed E-state index contributed by atoms with van der Waals surface area (Å²) >= 11 is 0. The number of halogens is 3. The monoisotopic (exact) mass is 283 g/mol. The second-order valence-corrected chi connectivity index (χ2v) is 4.99. The van der Waals surface area contributed by atoms with Gasteiger partial charge < -0.3 is 10.6 Å². The molecule has 0 rings (SSSR count). The zero-order chi connectivity index (χ0) is 15.1. The summed E-state index contributed by atoms with van der Waals surface area (Å²) in [5.41, 5.74) is 0. The minimum atomic E-state index is -4.36. The third kappa shape index (κ3) is 9.72. The first-order valence-corrected chi connectivity index (χ1v) is 6.43. The summed E-state index contributed by atoms with van der Waals surface area (Å²) in [4.78, 5) is 13.4.